The lowest BCUT2D eigenvalue weighted by atomic mass is 10.5. The minimum absolute atomic E-state index is 0.726. The van der Waals surface area contributed by atoms with Crippen molar-refractivity contribution < 1.29 is 0 Å². The molecule has 1 aromatic heterocycles. The van der Waals surface area contributed by atoms with E-state index in [1.54, 1.807) is 0 Å². The SMILES string of the molecule is C=CCNCCn1cc(Cl)c(C)n1. The summed E-state index contributed by atoms with van der Waals surface area (Å²) in [5, 5.41) is 8.14. The molecule has 0 unspecified atom stereocenters. The zero-order valence-corrected chi connectivity index (χ0v) is 8.51. The second-order valence-corrected chi connectivity index (χ2v) is 3.23. The molecule has 0 radical (unpaired) electrons. The largest absolute Gasteiger partial charge is 0.311 e. The molecule has 0 aliphatic rings. The van der Waals surface area contributed by atoms with Gasteiger partial charge in [-0.2, -0.15) is 5.10 Å². The highest BCUT2D eigenvalue weighted by molar-refractivity contribution is 6.31. The maximum Gasteiger partial charge on any atom is 0.0814 e. The van der Waals surface area contributed by atoms with Crippen molar-refractivity contribution in [2.24, 2.45) is 0 Å². The summed E-state index contributed by atoms with van der Waals surface area (Å²) in [6.45, 7) is 8.06. The number of nitrogens with one attached hydrogen (secondary N) is 1. The smallest absolute Gasteiger partial charge is 0.0814 e. The molecule has 0 atom stereocenters. The topological polar surface area (TPSA) is 29.9 Å². The average Bonchev–Trinajstić information content (AvgIpc) is 2.41. The molecule has 0 aliphatic carbocycles. The average molecular weight is 200 g/mol. The minimum atomic E-state index is 0.726. The number of rotatable bonds is 5. The Kier molecular flexibility index (Phi) is 3.99. The first-order valence-corrected chi connectivity index (χ1v) is 4.63. The second kappa shape index (κ2) is 5.04. The van der Waals surface area contributed by atoms with Crippen molar-refractivity contribution in [3.63, 3.8) is 0 Å². The molecule has 0 saturated carbocycles. The molecule has 1 rings (SSSR count). The van der Waals surface area contributed by atoms with Gasteiger partial charge in [0.1, 0.15) is 0 Å². The van der Waals surface area contributed by atoms with Crippen LogP contribution >= 0.6 is 11.6 Å². The molecule has 0 bridgehead atoms. The first kappa shape index (κ1) is 10.3. The van der Waals surface area contributed by atoms with Gasteiger partial charge in [-0.3, -0.25) is 4.68 Å². The molecule has 3 nitrogen and oxygen atoms in total. The lowest BCUT2D eigenvalue weighted by molar-refractivity contribution is 0.570. The summed E-state index contributed by atoms with van der Waals surface area (Å²) in [5.74, 6) is 0. The van der Waals surface area contributed by atoms with Gasteiger partial charge < -0.3 is 5.32 Å². The molecule has 0 saturated heterocycles. The van der Waals surface area contributed by atoms with Gasteiger partial charge in [-0.05, 0) is 6.92 Å². The highest BCUT2D eigenvalue weighted by Gasteiger charge is 2.00. The van der Waals surface area contributed by atoms with E-state index in [-0.39, 0.29) is 0 Å². The van der Waals surface area contributed by atoms with Crippen LogP contribution in [0.25, 0.3) is 0 Å². The van der Waals surface area contributed by atoms with Gasteiger partial charge in [-0.25, -0.2) is 0 Å². The van der Waals surface area contributed by atoms with E-state index in [9.17, 15) is 0 Å². The summed E-state index contributed by atoms with van der Waals surface area (Å²) in [7, 11) is 0. The van der Waals surface area contributed by atoms with Crippen LogP contribution in [-0.2, 0) is 6.54 Å². The first-order chi connectivity index (χ1) is 6.24. The van der Waals surface area contributed by atoms with Crippen LogP contribution in [0, 0.1) is 6.92 Å². The third-order valence-electron chi connectivity index (χ3n) is 1.69. The summed E-state index contributed by atoms with van der Waals surface area (Å²) < 4.78 is 1.84. The van der Waals surface area contributed by atoms with Gasteiger partial charge in [0.25, 0.3) is 0 Å². The lowest BCUT2D eigenvalue weighted by Crippen LogP contribution is -2.19. The Morgan fingerprint density at radius 3 is 3.08 bits per heavy atom. The fourth-order valence-corrected chi connectivity index (χ4v) is 1.16. The van der Waals surface area contributed by atoms with Crippen molar-refractivity contribution in [1.82, 2.24) is 15.1 Å². The molecule has 1 heterocycles. The van der Waals surface area contributed by atoms with Crippen molar-refractivity contribution in [3.05, 3.63) is 29.6 Å². The highest BCUT2D eigenvalue weighted by atomic mass is 35.5. The molecular weight excluding hydrogens is 186 g/mol. The van der Waals surface area contributed by atoms with E-state index in [4.69, 9.17) is 11.6 Å². The number of hydrogen-bond donors (Lipinski definition) is 1. The molecule has 0 aromatic carbocycles. The summed E-state index contributed by atoms with van der Waals surface area (Å²) in [6.07, 6.45) is 3.67. The Morgan fingerprint density at radius 2 is 2.54 bits per heavy atom. The van der Waals surface area contributed by atoms with Gasteiger partial charge in [0, 0.05) is 19.3 Å². The van der Waals surface area contributed by atoms with Crippen LogP contribution in [0.5, 0.6) is 0 Å². The van der Waals surface area contributed by atoms with Crippen LogP contribution in [0.3, 0.4) is 0 Å². The van der Waals surface area contributed by atoms with E-state index in [1.807, 2.05) is 23.9 Å². The number of hydrogen-bond acceptors (Lipinski definition) is 2. The summed E-state index contributed by atoms with van der Waals surface area (Å²) in [6, 6.07) is 0. The normalized spacial score (nSPS) is 10.3. The van der Waals surface area contributed by atoms with Gasteiger partial charge in [-0.15, -0.1) is 6.58 Å². The molecule has 0 spiro atoms. The Labute approximate surface area is 83.4 Å². The zero-order valence-electron chi connectivity index (χ0n) is 7.76. The second-order valence-electron chi connectivity index (χ2n) is 2.82. The maximum atomic E-state index is 5.85. The standard InChI is InChI=1S/C9H14ClN3/c1-3-4-11-5-6-13-7-9(10)8(2)12-13/h3,7,11H,1,4-6H2,2H3. The third kappa shape index (κ3) is 3.20. The van der Waals surface area contributed by atoms with Gasteiger partial charge in [-0.1, -0.05) is 17.7 Å². The van der Waals surface area contributed by atoms with Crippen LogP contribution in [0.15, 0.2) is 18.9 Å². The maximum absolute atomic E-state index is 5.85. The van der Waals surface area contributed by atoms with Gasteiger partial charge in [0.05, 0.1) is 17.3 Å². The summed E-state index contributed by atoms with van der Waals surface area (Å²) >= 11 is 5.85. The number of halogens is 1. The van der Waals surface area contributed by atoms with E-state index in [0.29, 0.717) is 0 Å². The molecule has 0 amide bonds. The van der Waals surface area contributed by atoms with Gasteiger partial charge >= 0.3 is 0 Å². The van der Waals surface area contributed by atoms with Gasteiger partial charge in [0.2, 0.25) is 0 Å². The quantitative estimate of drug-likeness (QED) is 0.577. The first-order valence-electron chi connectivity index (χ1n) is 4.25. The van der Waals surface area contributed by atoms with E-state index >= 15 is 0 Å². The highest BCUT2D eigenvalue weighted by Crippen LogP contribution is 2.11. The summed E-state index contributed by atoms with van der Waals surface area (Å²) in [5.41, 5.74) is 0.880. The molecule has 0 fully saturated rings. The Balaban J connectivity index is 2.32. The Morgan fingerprint density at radius 1 is 1.77 bits per heavy atom. The molecular formula is C9H14ClN3. The Bertz CT molecular complexity index is 261. The molecule has 72 valence electrons. The fourth-order valence-electron chi connectivity index (χ4n) is 1.01. The molecule has 4 heteroatoms. The van der Waals surface area contributed by atoms with E-state index in [1.165, 1.54) is 0 Å². The minimum Gasteiger partial charge on any atom is -0.311 e. The molecule has 13 heavy (non-hydrogen) atoms. The predicted molar refractivity (Wildman–Crippen MR) is 55.0 cm³/mol. The van der Waals surface area contributed by atoms with Crippen molar-refractivity contribution in [3.8, 4) is 0 Å². The van der Waals surface area contributed by atoms with Crippen LogP contribution < -0.4 is 5.32 Å². The van der Waals surface area contributed by atoms with Crippen LogP contribution in [0.4, 0.5) is 0 Å². The van der Waals surface area contributed by atoms with E-state index < -0.39 is 0 Å². The monoisotopic (exact) mass is 199 g/mol. The summed E-state index contributed by atoms with van der Waals surface area (Å²) in [4.78, 5) is 0. The van der Waals surface area contributed by atoms with Crippen molar-refractivity contribution >= 4 is 11.6 Å². The number of nitrogens with zero attached hydrogens (tertiary/aromatic N) is 2. The lowest BCUT2D eigenvalue weighted by Gasteiger charge is -2.01. The number of aromatic nitrogens is 2. The molecule has 1 N–H and O–H groups in total. The van der Waals surface area contributed by atoms with Gasteiger partial charge in [0.15, 0.2) is 0 Å². The Hall–Kier alpha value is -0.800. The van der Waals surface area contributed by atoms with E-state index in [2.05, 4.69) is 17.0 Å². The fraction of sp³-hybridized carbons (Fsp3) is 0.444. The van der Waals surface area contributed by atoms with E-state index in [0.717, 1.165) is 30.4 Å². The molecule has 0 aliphatic heterocycles. The predicted octanol–water partition coefficient (Wildman–Crippen LogP) is 1.62. The third-order valence-corrected chi connectivity index (χ3v) is 2.06. The number of aryl methyl sites for hydroxylation is 1. The van der Waals surface area contributed by atoms with Crippen LogP contribution in [-0.4, -0.2) is 22.9 Å². The van der Waals surface area contributed by atoms with Crippen LogP contribution in [0.2, 0.25) is 5.02 Å². The zero-order chi connectivity index (χ0) is 9.68. The van der Waals surface area contributed by atoms with Crippen molar-refractivity contribution in [2.75, 3.05) is 13.1 Å². The van der Waals surface area contributed by atoms with Crippen LogP contribution in [0.1, 0.15) is 5.69 Å². The van der Waals surface area contributed by atoms with Crippen molar-refractivity contribution in [2.45, 2.75) is 13.5 Å². The molecule has 1 aromatic rings. The van der Waals surface area contributed by atoms with Crippen molar-refractivity contribution in [1.29, 1.82) is 0 Å².